The average Bonchev–Trinajstić information content (AvgIpc) is 3.03. The van der Waals surface area contributed by atoms with Crippen molar-refractivity contribution in [2.75, 3.05) is 0 Å². The van der Waals surface area contributed by atoms with Crippen LogP contribution in [-0.4, -0.2) is 17.6 Å². The maximum Gasteiger partial charge on any atom is 0.408 e. The smallest absolute Gasteiger partial charge is 0.408 e. The summed E-state index contributed by atoms with van der Waals surface area (Å²) in [5.74, 6) is -0.255. The Balaban J connectivity index is 1.78. The lowest BCUT2D eigenvalue weighted by atomic mass is 10.0. The van der Waals surface area contributed by atoms with Gasteiger partial charge >= 0.3 is 6.09 Å². The summed E-state index contributed by atoms with van der Waals surface area (Å²) in [6, 6.07) is 14.3. The minimum Gasteiger partial charge on any atom is -0.444 e. The zero-order chi connectivity index (χ0) is 20.3. The van der Waals surface area contributed by atoms with Crippen LogP contribution in [0.2, 0.25) is 0 Å². The molecule has 0 fully saturated rings. The molecule has 0 spiro atoms. The number of alkyl carbamates (subject to hydrolysis) is 1. The summed E-state index contributed by atoms with van der Waals surface area (Å²) in [6.07, 6.45) is 1.11. The quantitative estimate of drug-likeness (QED) is 0.709. The molecule has 5 nitrogen and oxygen atoms in total. The molecule has 1 unspecified atom stereocenters. The highest BCUT2D eigenvalue weighted by Crippen LogP contribution is 2.36. The number of nitrogens with one attached hydrogen (secondary N) is 2. The first kappa shape index (κ1) is 20.4. The van der Waals surface area contributed by atoms with Gasteiger partial charge in [-0.25, -0.2) is 4.79 Å². The molecule has 0 saturated carbocycles. The van der Waals surface area contributed by atoms with Crippen molar-refractivity contribution in [2.24, 2.45) is 0 Å². The molecule has 0 bridgehead atoms. The van der Waals surface area contributed by atoms with Gasteiger partial charge in [-0.05, 0) is 56.4 Å². The SMILES string of the molecule is CC(C)(C)OC(=O)N[C@H](C(=O)NC1CCc2c(Br)cccc21)c1ccccc1. The van der Waals surface area contributed by atoms with E-state index in [0.29, 0.717) is 5.56 Å². The van der Waals surface area contributed by atoms with Gasteiger partial charge in [0.05, 0.1) is 6.04 Å². The molecular weight excluding hydrogens is 420 g/mol. The lowest BCUT2D eigenvalue weighted by Gasteiger charge is -2.25. The molecule has 1 aliphatic rings. The second kappa shape index (κ2) is 8.35. The first-order valence-corrected chi connectivity index (χ1v) is 10.2. The Morgan fingerprint density at radius 2 is 1.82 bits per heavy atom. The van der Waals surface area contributed by atoms with Gasteiger partial charge in [0.15, 0.2) is 0 Å². The number of amides is 2. The van der Waals surface area contributed by atoms with Crippen LogP contribution in [0.25, 0.3) is 0 Å². The summed E-state index contributed by atoms with van der Waals surface area (Å²) in [7, 11) is 0. The van der Waals surface area contributed by atoms with Crippen molar-refractivity contribution >= 4 is 27.9 Å². The van der Waals surface area contributed by atoms with Crippen LogP contribution in [0, 0.1) is 0 Å². The van der Waals surface area contributed by atoms with Gasteiger partial charge < -0.3 is 15.4 Å². The highest BCUT2D eigenvalue weighted by Gasteiger charge is 2.30. The fraction of sp³-hybridized carbons (Fsp3) is 0.364. The summed E-state index contributed by atoms with van der Waals surface area (Å²) in [4.78, 5) is 25.4. The number of benzene rings is 2. The van der Waals surface area contributed by atoms with Crippen LogP contribution in [0.4, 0.5) is 4.79 Å². The van der Waals surface area contributed by atoms with Crippen LogP contribution in [0.5, 0.6) is 0 Å². The van der Waals surface area contributed by atoms with E-state index in [4.69, 9.17) is 4.74 Å². The van der Waals surface area contributed by atoms with Crippen molar-refractivity contribution in [1.29, 1.82) is 0 Å². The van der Waals surface area contributed by atoms with Crippen molar-refractivity contribution in [3.63, 3.8) is 0 Å². The molecule has 0 heterocycles. The Labute approximate surface area is 174 Å². The van der Waals surface area contributed by atoms with E-state index in [0.717, 1.165) is 22.9 Å². The average molecular weight is 445 g/mol. The Morgan fingerprint density at radius 1 is 1.11 bits per heavy atom. The summed E-state index contributed by atoms with van der Waals surface area (Å²) >= 11 is 3.58. The zero-order valence-electron chi connectivity index (χ0n) is 16.3. The van der Waals surface area contributed by atoms with Crippen LogP contribution in [0.1, 0.15) is 56.0 Å². The summed E-state index contributed by atoms with van der Waals surface area (Å²) < 4.78 is 6.41. The minimum absolute atomic E-state index is 0.0772. The number of ether oxygens (including phenoxy) is 1. The fourth-order valence-electron chi connectivity index (χ4n) is 3.39. The third-order valence-corrected chi connectivity index (χ3v) is 5.33. The van der Waals surface area contributed by atoms with Crippen LogP contribution in [0.15, 0.2) is 53.0 Å². The molecule has 1 aliphatic carbocycles. The highest BCUT2D eigenvalue weighted by molar-refractivity contribution is 9.10. The Kier molecular flexibility index (Phi) is 6.08. The van der Waals surface area contributed by atoms with Crippen molar-refractivity contribution in [1.82, 2.24) is 10.6 Å². The first-order valence-electron chi connectivity index (χ1n) is 9.37. The molecule has 2 aromatic rings. The predicted molar refractivity (Wildman–Crippen MR) is 112 cm³/mol. The van der Waals surface area contributed by atoms with E-state index in [9.17, 15) is 9.59 Å². The molecule has 148 valence electrons. The summed E-state index contributed by atoms with van der Waals surface area (Å²) in [5.41, 5.74) is 2.41. The van der Waals surface area contributed by atoms with Gasteiger partial charge in [0.2, 0.25) is 5.91 Å². The Morgan fingerprint density at radius 3 is 2.50 bits per heavy atom. The molecule has 28 heavy (non-hydrogen) atoms. The van der Waals surface area contributed by atoms with Crippen LogP contribution in [0.3, 0.4) is 0 Å². The Hall–Kier alpha value is -2.34. The van der Waals surface area contributed by atoms with Crippen molar-refractivity contribution in [3.8, 4) is 0 Å². The zero-order valence-corrected chi connectivity index (χ0v) is 17.9. The van der Waals surface area contributed by atoms with Gasteiger partial charge in [0.25, 0.3) is 0 Å². The lowest BCUT2D eigenvalue weighted by Crippen LogP contribution is -2.43. The van der Waals surface area contributed by atoms with E-state index in [1.54, 1.807) is 20.8 Å². The fourth-order valence-corrected chi connectivity index (χ4v) is 3.97. The predicted octanol–water partition coefficient (Wildman–Crippen LogP) is 4.82. The molecule has 6 heteroatoms. The number of carbonyl (C=O) groups is 2. The maximum atomic E-state index is 13.1. The second-order valence-corrected chi connectivity index (χ2v) is 8.75. The van der Waals surface area contributed by atoms with Gasteiger partial charge in [-0.1, -0.05) is 58.4 Å². The van der Waals surface area contributed by atoms with E-state index >= 15 is 0 Å². The molecule has 2 N–H and O–H groups in total. The van der Waals surface area contributed by atoms with Crippen LogP contribution >= 0.6 is 15.9 Å². The van der Waals surface area contributed by atoms with E-state index < -0.39 is 17.7 Å². The second-order valence-electron chi connectivity index (χ2n) is 7.90. The third-order valence-electron chi connectivity index (χ3n) is 4.59. The largest absolute Gasteiger partial charge is 0.444 e. The van der Waals surface area contributed by atoms with E-state index in [-0.39, 0.29) is 11.9 Å². The van der Waals surface area contributed by atoms with E-state index in [2.05, 4.69) is 26.6 Å². The maximum absolute atomic E-state index is 13.1. The molecule has 0 saturated heterocycles. The number of hydrogen-bond acceptors (Lipinski definition) is 3. The highest BCUT2D eigenvalue weighted by atomic mass is 79.9. The van der Waals surface area contributed by atoms with Gasteiger partial charge in [0.1, 0.15) is 11.6 Å². The normalized spacial score (nSPS) is 16.8. The lowest BCUT2D eigenvalue weighted by molar-refractivity contribution is -0.124. The molecule has 0 aliphatic heterocycles. The van der Waals surface area contributed by atoms with Gasteiger partial charge in [-0.2, -0.15) is 0 Å². The van der Waals surface area contributed by atoms with Crippen molar-refractivity contribution in [2.45, 2.75) is 51.3 Å². The van der Waals surface area contributed by atoms with Gasteiger partial charge in [-0.3, -0.25) is 4.79 Å². The van der Waals surface area contributed by atoms with Gasteiger partial charge in [0, 0.05) is 4.47 Å². The first-order chi connectivity index (χ1) is 13.2. The molecule has 3 rings (SSSR count). The molecule has 2 amide bonds. The number of fused-ring (bicyclic) bond motifs is 1. The monoisotopic (exact) mass is 444 g/mol. The van der Waals surface area contributed by atoms with Crippen molar-refractivity contribution in [3.05, 3.63) is 69.7 Å². The topological polar surface area (TPSA) is 67.4 Å². The summed E-state index contributed by atoms with van der Waals surface area (Å²) in [5, 5.41) is 5.82. The number of carbonyl (C=O) groups excluding carboxylic acids is 2. The molecule has 2 atom stereocenters. The number of rotatable bonds is 4. The van der Waals surface area contributed by atoms with Gasteiger partial charge in [-0.15, -0.1) is 0 Å². The van der Waals surface area contributed by atoms with E-state index in [1.165, 1.54) is 5.56 Å². The molecule has 2 aromatic carbocycles. The minimum atomic E-state index is -0.827. The molecular formula is C22H25BrN2O3. The molecule has 0 aromatic heterocycles. The number of halogens is 1. The number of hydrogen-bond donors (Lipinski definition) is 2. The Bertz CT molecular complexity index is 862. The van der Waals surface area contributed by atoms with Crippen LogP contribution < -0.4 is 10.6 Å². The standard InChI is InChI=1S/C22H25BrN2O3/c1-22(2,3)28-21(27)25-19(14-8-5-4-6-9-14)20(26)24-18-13-12-15-16(18)10-7-11-17(15)23/h4-11,18-19H,12-13H2,1-3H3,(H,24,26)(H,25,27)/t18?,19-/m0/s1. The van der Waals surface area contributed by atoms with E-state index in [1.807, 2.05) is 48.5 Å². The third kappa shape index (κ3) is 4.93. The van der Waals surface area contributed by atoms with Crippen LogP contribution in [-0.2, 0) is 16.0 Å². The molecule has 0 radical (unpaired) electrons. The summed E-state index contributed by atoms with van der Waals surface area (Å²) in [6.45, 7) is 5.37. The van der Waals surface area contributed by atoms with Crippen molar-refractivity contribution < 1.29 is 14.3 Å².